The van der Waals surface area contributed by atoms with Crippen molar-refractivity contribution in [3.05, 3.63) is 60.2 Å². The zero-order valence-electron chi connectivity index (χ0n) is 18.3. The molecular formula is C21H27N5O4. The van der Waals surface area contributed by atoms with Gasteiger partial charge in [-0.1, -0.05) is 12.1 Å². The zero-order chi connectivity index (χ0) is 22.8. The van der Waals surface area contributed by atoms with E-state index in [1.807, 2.05) is 24.3 Å². The summed E-state index contributed by atoms with van der Waals surface area (Å²) in [5.74, 6) is -1.80. The van der Waals surface area contributed by atoms with E-state index in [0.29, 0.717) is 18.4 Å². The van der Waals surface area contributed by atoms with Crippen LogP contribution in [0.4, 0.5) is 0 Å². The van der Waals surface area contributed by atoms with E-state index in [0.717, 1.165) is 11.4 Å². The van der Waals surface area contributed by atoms with E-state index in [4.69, 9.17) is 1.41 Å². The van der Waals surface area contributed by atoms with E-state index in [1.54, 1.807) is 29.4 Å². The second-order valence-corrected chi connectivity index (χ2v) is 6.74. The summed E-state index contributed by atoms with van der Waals surface area (Å²) in [7, 11) is 1.21. The summed E-state index contributed by atoms with van der Waals surface area (Å²) in [6.45, 7) is 3.52. The van der Waals surface area contributed by atoms with Gasteiger partial charge >= 0.3 is 5.97 Å². The molecule has 0 bridgehead atoms. The zero-order valence-corrected chi connectivity index (χ0v) is 17.3. The summed E-state index contributed by atoms with van der Waals surface area (Å²) < 4.78 is 12.7. The Morgan fingerprint density at radius 3 is 2.07 bits per heavy atom. The van der Waals surface area contributed by atoms with E-state index in [1.165, 1.54) is 21.0 Å². The standard InChI is InChI=1S/C21H27N5O4/c1-15(20(28)25-16(2)21(29)30-3)24-19(27)14-26(12-17-8-4-6-10-22-17)13-18-9-5-7-11-23-18/h4-11,15-16H,12-14H2,1-3H3,(H,24,27)(H,25,28)/t15-,16+/m1/s1/i/hD. The summed E-state index contributed by atoms with van der Waals surface area (Å²) in [4.78, 5) is 46.9. The molecule has 2 N–H and O–H groups in total. The molecule has 30 heavy (non-hydrogen) atoms. The van der Waals surface area contributed by atoms with Crippen molar-refractivity contribution in [2.45, 2.75) is 39.0 Å². The Hall–Kier alpha value is -3.33. The normalized spacial score (nSPS) is 13.1. The first-order valence-electron chi connectivity index (χ1n) is 9.97. The van der Waals surface area contributed by atoms with E-state index >= 15 is 0 Å². The fourth-order valence-electron chi connectivity index (χ4n) is 2.69. The number of aromatic nitrogens is 2. The highest BCUT2D eigenvalue weighted by molar-refractivity contribution is 5.90. The highest BCUT2D eigenvalue weighted by atomic mass is 16.5. The Morgan fingerprint density at radius 1 is 1.03 bits per heavy atom. The third-order valence-electron chi connectivity index (χ3n) is 4.21. The van der Waals surface area contributed by atoms with Gasteiger partial charge in [0.2, 0.25) is 11.8 Å². The van der Waals surface area contributed by atoms with Crippen molar-refractivity contribution in [2.24, 2.45) is 0 Å². The van der Waals surface area contributed by atoms with Crippen molar-refractivity contribution in [3.63, 3.8) is 0 Å². The Labute approximate surface area is 177 Å². The first-order valence-corrected chi connectivity index (χ1v) is 9.53. The number of esters is 1. The molecule has 9 heteroatoms. The average Bonchev–Trinajstić information content (AvgIpc) is 2.78. The van der Waals surface area contributed by atoms with Crippen LogP contribution in [0.2, 0.25) is 1.41 Å². The Morgan fingerprint density at radius 2 is 1.60 bits per heavy atom. The van der Waals surface area contributed by atoms with Crippen LogP contribution in [0, 0.1) is 0 Å². The monoisotopic (exact) mass is 414 g/mol. The fourth-order valence-corrected chi connectivity index (χ4v) is 2.69. The molecule has 0 aliphatic heterocycles. The Kier molecular flexibility index (Phi) is 8.28. The molecule has 2 aromatic rings. The van der Waals surface area contributed by atoms with Crippen LogP contribution in [0.5, 0.6) is 0 Å². The summed E-state index contributed by atoms with van der Waals surface area (Å²) in [5.41, 5.74) is 1.53. The van der Waals surface area contributed by atoms with E-state index in [9.17, 15) is 14.4 Å². The molecule has 2 heterocycles. The third kappa shape index (κ3) is 7.59. The number of carbonyl (C=O) groups is 3. The smallest absolute Gasteiger partial charge is 0.328 e. The van der Waals surface area contributed by atoms with Gasteiger partial charge in [-0.3, -0.25) is 24.5 Å². The first kappa shape index (κ1) is 21.4. The van der Waals surface area contributed by atoms with Gasteiger partial charge in [0, 0.05) is 25.5 Å². The number of hydrogen-bond donors (Lipinski definition) is 2. The number of pyridine rings is 2. The Balaban J connectivity index is 2.05. The maximum atomic E-state index is 12.7. The molecule has 0 fully saturated rings. The molecule has 0 saturated heterocycles. The van der Waals surface area contributed by atoms with E-state index in [-0.39, 0.29) is 6.54 Å². The van der Waals surface area contributed by atoms with Crippen LogP contribution < -0.4 is 10.6 Å². The lowest BCUT2D eigenvalue weighted by Gasteiger charge is -2.23. The lowest BCUT2D eigenvalue weighted by atomic mass is 10.2. The largest absolute Gasteiger partial charge is 0.467 e. The van der Waals surface area contributed by atoms with Crippen LogP contribution in [0.15, 0.2) is 48.8 Å². The van der Waals surface area contributed by atoms with Crippen LogP contribution in [0.25, 0.3) is 0 Å². The van der Waals surface area contributed by atoms with Gasteiger partial charge in [-0.25, -0.2) is 4.79 Å². The minimum absolute atomic E-state index is 0.110. The molecule has 0 aromatic carbocycles. The lowest BCUT2D eigenvalue weighted by Crippen LogP contribution is -2.51. The molecule has 160 valence electrons. The minimum Gasteiger partial charge on any atom is -0.467 e. The lowest BCUT2D eigenvalue weighted by molar-refractivity contribution is -0.144. The van der Waals surface area contributed by atoms with Crippen LogP contribution in [-0.4, -0.2) is 58.4 Å². The summed E-state index contributed by atoms with van der Waals surface area (Å²) >= 11 is 0. The maximum absolute atomic E-state index is 12.7. The SMILES string of the molecule is [2H]N(C(=O)CN(Cc1ccccn1)Cc1ccccn1)[C@H](C)C(=O)N[C@@H](C)C(=O)OC. The summed E-state index contributed by atoms with van der Waals surface area (Å²) in [6.07, 6.45) is 3.34. The number of carbonyl (C=O) groups excluding carboxylic acids is 3. The minimum atomic E-state index is -1.09. The number of rotatable bonds is 10. The second-order valence-electron chi connectivity index (χ2n) is 6.74. The van der Waals surface area contributed by atoms with Crippen molar-refractivity contribution in [3.8, 4) is 0 Å². The highest BCUT2D eigenvalue weighted by Gasteiger charge is 2.22. The van der Waals surface area contributed by atoms with E-state index in [2.05, 4.69) is 20.0 Å². The molecule has 0 radical (unpaired) electrons. The van der Waals surface area contributed by atoms with E-state index < -0.39 is 29.9 Å². The molecular weight excluding hydrogens is 386 g/mol. The molecule has 2 atom stereocenters. The van der Waals surface area contributed by atoms with Gasteiger partial charge in [0.1, 0.15) is 12.1 Å². The van der Waals surface area contributed by atoms with Crippen molar-refractivity contribution in [1.29, 1.82) is 0 Å². The van der Waals surface area contributed by atoms with Crippen molar-refractivity contribution in [2.75, 3.05) is 13.7 Å². The quantitative estimate of drug-likeness (QED) is 0.549. The number of nitrogens with zero attached hydrogens (tertiary/aromatic N) is 3. The summed E-state index contributed by atoms with van der Waals surface area (Å²) in [6, 6.07) is 9.04. The highest BCUT2D eigenvalue weighted by Crippen LogP contribution is 2.06. The Bertz CT molecular complexity index is 827. The molecule has 0 spiro atoms. The molecule has 0 aliphatic carbocycles. The summed E-state index contributed by atoms with van der Waals surface area (Å²) in [5, 5.41) is 3.05. The van der Waals surface area contributed by atoms with Crippen molar-refractivity contribution in [1.82, 2.24) is 25.5 Å². The molecule has 0 aliphatic rings. The molecule has 9 nitrogen and oxygen atoms in total. The van der Waals surface area contributed by atoms with Crippen LogP contribution >= 0.6 is 0 Å². The number of hydrogen-bond acceptors (Lipinski definition) is 7. The topological polar surface area (TPSA) is 114 Å². The van der Waals surface area contributed by atoms with Gasteiger partial charge in [0.15, 0.2) is 1.41 Å². The first-order chi connectivity index (χ1) is 14.8. The third-order valence-corrected chi connectivity index (χ3v) is 4.21. The predicted octanol–water partition coefficient (Wildman–Crippen LogP) is 0.661. The molecule has 2 aromatic heterocycles. The molecule has 0 unspecified atom stereocenters. The number of nitrogens with one attached hydrogen (secondary N) is 2. The molecule has 2 rings (SSSR count). The fraction of sp³-hybridized carbons (Fsp3) is 0.381. The van der Waals surface area contributed by atoms with Crippen molar-refractivity contribution >= 4 is 17.8 Å². The maximum Gasteiger partial charge on any atom is 0.328 e. The predicted molar refractivity (Wildman–Crippen MR) is 110 cm³/mol. The van der Waals surface area contributed by atoms with Crippen molar-refractivity contribution < 1.29 is 20.5 Å². The van der Waals surface area contributed by atoms with Crippen LogP contribution in [0.1, 0.15) is 25.2 Å². The van der Waals surface area contributed by atoms with Gasteiger partial charge in [-0.15, -0.1) is 0 Å². The van der Waals surface area contributed by atoms with Crippen LogP contribution in [-0.2, 0) is 32.2 Å². The van der Waals surface area contributed by atoms with Gasteiger partial charge in [-0.05, 0) is 38.1 Å². The molecule has 0 saturated carbocycles. The average molecular weight is 414 g/mol. The van der Waals surface area contributed by atoms with Crippen LogP contribution in [0.3, 0.4) is 0 Å². The van der Waals surface area contributed by atoms with Gasteiger partial charge in [-0.2, -0.15) is 0 Å². The number of methoxy groups -OCH3 is 1. The van der Waals surface area contributed by atoms with Gasteiger partial charge in [0.05, 0.1) is 25.0 Å². The number of amides is 2. The van der Waals surface area contributed by atoms with Gasteiger partial charge in [0.25, 0.3) is 0 Å². The second kappa shape index (κ2) is 11.6. The number of ether oxygens (including phenoxy) is 1. The molecule has 2 amide bonds. The van der Waals surface area contributed by atoms with Gasteiger partial charge < -0.3 is 15.4 Å².